The summed E-state index contributed by atoms with van der Waals surface area (Å²) in [6, 6.07) is 10.0. The van der Waals surface area contributed by atoms with Crippen LogP contribution < -0.4 is 15.4 Å². The predicted molar refractivity (Wildman–Crippen MR) is 154 cm³/mol. The SMILES string of the molecule is CC(C)CS(=O)(=O)NCCC(=O)N[C@@H](Cc1cc(F)cc(F)c1)[C@H](O)CNCc1cccc(I)c1.O=C(O)C(F)(F)F. The molecule has 0 aliphatic carbocycles. The topological polar surface area (TPSA) is 145 Å². The molecule has 42 heavy (non-hydrogen) atoms. The summed E-state index contributed by atoms with van der Waals surface area (Å²) in [7, 11) is -3.49. The van der Waals surface area contributed by atoms with E-state index in [1.54, 1.807) is 13.8 Å². The number of rotatable bonds is 14. The van der Waals surface area contributed by atoms with E-state index < -0.39 is 51.9 Å². The number of benzene rings is 2. The lowest BCUT2D eigenvalue weighted by Crippen LogP contribution is -2.49. The van der Waals surface area contributed by atoms with Gasteiger partial charge >= 0.3 is 12.1 Å². The smallest absolute Gasteiger partial charge is 0.475 e. The van der Waals surface area contributed by atoms with Crippen molar-refractivity contribution in [3.05, 3.63) is 68.8 Å². The van der Waals surface area contributed by atoms with E-state index in [0.717, 1.165) is 27.3 Å². The highest BCUT2D eigenvalue weighted by atomic mass is 127. The van der Waals surface area contributed by atoms with E-state index in [0.29, 0.717) is 6.54 Å². The minimum Gasteiger partial charge on any atom is -0.475 e. The summed E-state index contributed by atoms with van der Waals surface area (Å²) in [5, 5.41) is 23.7. The van der Waals surface area contributed by atoms with Crippen molar-refractivity contribution >= 4 is 44.5 Å². The fraction of sp³-hybridized carbons (Fsp3) is 0.462. The molecule has 0 fully saturated rings. The van der Waals surface area contributed by atoms with Gasteiger partial charge in [-0.3, -0.25) is 4.79 Å². The van der Waals surface area contributed by atoms with Crippen LogP contribution in [0.1, 0.15) is 31.4 Å². The van der Waals surface area contributed by atoms with Crippen LogP contribution in [-0.4, -0.2) is 67.7 Å². The van der Waals surface area contributed by atoms with E-state index in [1.165, 1.54) is 0 Å². The van der Waals surface area contributed by atoms with Gasteiger partial charge < -0.3 is 20.8 Å². The molecule has 0 unspecified atom stereocenters. The van der Waals surface area contributed by atoms with Crippen molar-refractivity contribution in [1.29, 1.82) is 0 Å². The van der Waals surface area contributed by atoms with E-state index in [2.05, 4.69) is 37.9 Å². The number of sulfonamides is 1. The molecule has 0 aliphatic heterocycles. The summed E-state index contributed by atoms with van der Waals surface area (Å²) >= 11 is 2.20. The van der Waals surface area contributed by atoms with Crippen molar-refractivity contribution < 1.29 is 50.2 Å². The summed E-state index contributed by atoms with van der Waals surface area (Å²) in [6.07, 6.45) is -6.30. The quantitative estimate of drug-likeness (QED) is 0.148. The summed E-state index contributed by atoms with van der Waals surface area (Å²) in [5.41, 5.74) is 1.30. The van der Waals surface area contributed by atoms with E-state index in [4.69, 9.17) is 9.90 Å². The number of carbonyl (C=O) groups is 2. The van der Waals surface area contributed by atoms with Gasteiger partial charge in [-0.1, -0.05) is 26.0 Å². The number of hydrogen-bond acceptors (Lipinski definition) is 6. The maximum absolute atomic E-state index is 13.7. The Morgan fingerprint density at radius 2 is 1.62 bits per heavy atom. The largest absolute Gasteiger partial charge is 0.490 e. The number of carboxylic acid groups (broad SMARTS) is 1. The fourth-order valence-corrected chi connectivity index (χ4v) is 5.53. The lowest BCUT2D eigenvalue weighted by molar-refractivity contribution is -0.192. The predicted octanol–water partition coefficient (Wildman–Crippen LogP) is 3.35. The van der Waals surface area contributed by atoms with Gasteiger partial charge in [0, 0.05) is 35.7 Å². The third-order valence-electron chi connectivity index (χ3n) is 5.23. The highest BCUT2D eigenvalue weighted by molar-refractivity contribution is 14.1. The molecule has 0 aromatic heterocycles. The number of aliphatic carboxylic acids is 1. The first-order valence-electron chi connectivity index (χ1n) is 12.5. The number of aliphatic hydroxyl groups excluding tert-OH is 1. The van der Waals surface area contributed by atoms with Crippen LogP contribution in [0.3, 0.4) is 0 Å². The minimum absolute atomic E-state index is 0.00835. The van der Waals surface area contributed by atoms with E-state index in [-0.39, 0.29) is 43.2 Å². The molecule has 0 bridgehead atoms. The lowest BCUT2D eigenvalue weighted by Gasteiger charge is -2.25. The van der Waals surface area contributed by atoms with Gasteiger partial charge in [0.2, 0.25) is 15.9 Å². The Kier molecular flexibility index (Phi) is 15.8. The molecule has 2 aromatic carbocycles. The molecule has 0 radical (unpaired) electrons. The van der Waals surface area contributed by atoms with Gasteiger partial charge in [-0.2, -0.15) is 13.2 Å². The normalized spacial score (nSPS) is 13.2. The molecular formula is C26H33F5IN3O6S. The molecule has 0 spiro atoms. The zero-order valence-corrected chi connectivity index (χ0v) is 25.7. The van der Waals surface area contributed by atoms with Gasteiger partial charge in [-0.05, 0) is 70.3 Å². The average Bonchev–Trinajstić information content (AvgIpc) is 2.82. The molecule has 16 heteroatoms. The van der Waals surface area contributed by atoms with Gasteiger partial charge in [0.15, 0.2) is 0 Å². The number of aliphatic hydroxyl groups is 1. The zero-order chi connectivity index (χ0) is 32.1. The Balaban J connectivity index is 0.00000112. The molecule has 0 aliphatic rings. The van der Waals surface area contributed by atoms with Crippen molar-refractivity contribution in [3.63, 3.8) is 0 Å². The molecular weight excluding hydrogens is 704 g/mol. The van der Waals surface area contributed by atoms with E-state index in [9.17, 15) is 40.3 Å². The van der Waals surface area contributed by atoms with Crippen molar-refractivity contribution in [2.75, 3.05) is 18.8 Å². The van der Waals surface area contributed by atoms with Crippen LogP contribution in [0.15, 0.2) is 42.5 Å². The monoisotopic (exact) mass is 737 g/mol. The number of amides is 1. The van der Waals surface area contributed by atoms with Crippen LogP contribution in [-0.2, 0) is 32.6 Å². The maximum Gasteiger partial charge on any atom is 0.490 e. The Labute approximate surface area is 254 Å². The Morgan fingerprint density at radius 3 is 2.14 bits per heavy atom. The summed E-state index contributed by atoms with van der Waals surface area (Å²) < 4.78 is 86.4. The number of carboxylic acids is 1. The zero-order valence-electron chi connectivity index (χ0n) is 22.7. The molecule has 236 valence electrons. The van der Waals surface area contributed by atoms with Crippen LogP contribution in [0, 0.1) is 21.1 Å². The Hall–Kier alpha value is -2.41. The van der Waals surface area contributed by atoms with Crippen molar-refractivity contribution in [3.8, 4) is 0 Å². The van der Waals surface area contributed by atoms with Gasteiger partial charge in [0.1, 0.15) is 11.6 Å². The number of nitrogens with one attached hydrogen (secondary N) is 3. The second kappa shape index (κ2) is 17.6. The molecule has 2 atom stereocenters. The summed E-state index contributed by atoms with van der Waals surface area (Å²) in [4.78, 5) is 21.4. The molecule has 5 N–H and O–H groups in total. The summed E-state index contributed by atoms with van der Waals surface area (Å²) in [5.74, 6) is -4.86. The lowest BCUT2D eigenvalue weighted by atomic mass is 10.0. The highest BCUT2D eigenvalue weighted by Crippen LogP contribution is 2.14. The Bertz CT molecular complexity index is 1260. The molecule has 2 aromatic rings. The second-order valence-corrected chi connectivity index (χ2v) is 12.7. The van der Waals surface area contributed by atoms with Gasteiger partial charge in [0.05, 0.1) is 17.9 Å². The standard InChI is InChI=1S/C24H32F2IN3O4S.C2HF3O2/c1-16(2)15-35(33,34)29-7-6-24(32)30-22(11-18-8-19(25)12-20(26)9-18)23(31)14-28-13-17-4-3-5-21(27)10-17;3-2(4,5)1(6)7/h3-5,8-10,12,16,22-23,28-29,31H,6-7,11,13-15H2,1-2H3,(H,30,32);(H,6,7)/t22-,23+;/m0./s1. The first kappa shape index (κ1) is 37.6. The van der Waals surface area contributed by atoms with Crippen LogP contribution in [0.5, 0.6) is 0 Å². The third-order valence-corrected chi connectivity index (χ3v) is 7.65. The molecule has 2 rings (SSSR count). The van der Waals surface area contributed by atoms with E-state index >= 15 is 0 Å². The first-order chi connectivity index (χ1) is 19.4. The van der Waals surface area contributed by atoms with Crippen molar-refractivity contribution in [2.45, 2.75) is 51.6 Å². The van der Waals surface area contributed by atoms with Gasteiger partial charge in [-0.25, -0.2) is 26.7 Å². The molecule has 1 amide bonds. The highest BCUT2D eigenvalue weighted by Gasteiger charge is 2.38. The minimum atomic E-state index is -5.08. The van der Waals surface area contributed by atoms with Crippen LogP contribution in [0.2, 0.25) is 0 Å². The number of alkyl halides is 3. The molecule has 0 saturated heterocycles. The van der Waals surface area contributed by atoms with Crippen molar-refractivity contribution in [1.82, 2.24) is 15.4 Å². The summed E-state index contributed by atoms with van der Waals surface area (Å²) in [6.45, 7) is 4.07. The second-order valence-electron chi connectivity index (χ2n) is 9.61. The average molecular weight is 738 g/mol. The van der Waals surface area contributed by atoms with Crippen LogP contribution in [0.4, 0.5) is 22.0 Å². The maximum atomic E-state index is 13.7. The van der Waals surface area contributed by atoms with Gasteiger partial charge in [-0.15, -0.1) is 0 Å². The van der Waals surface area contributed by atoms with Crippen LogP contribution in [0.25, 0.3) is 0 Å². The third kappa shape index (κ3) is 16.3. The van der Waals surface area contributed by atoms with Crippen LogP contribution >= 0.6 is 22.6 Å². The van der Waals surface area contributed by atoms with E-state index in [1.807, 2.05) is 24.3 Å². The first-order valence-corrected chi connectivity index (χ1v) is 15.3. The number of halogens is 6. The molecule has 9 nitrogen and oxygen atoms in total. The number of hydrogen-bond donors (Lipinski definition) is 5. The van der Waals surface area contributed by atoms with Gasteiger partial charge in [0.25, 0.3) is 0 Å². The molecule has 0 saturated carbocycles. The van der Waals surface area contributed by atoms with Crippen molar-refractivity contribution in [2.24, 2.45) is 5.92 Å². The fourth-order valence-electron chi connectivity index (χ4n) is 3.52. The number of carbonyl (C=O) groups excluding carboxylic acids is 1. The Morgan fingerprint density at radius 1 is 1.02 bits per heavy atom. The molecule has 0 heterocycles.